The summed E-state index contributed by atoms with van der Waals surface area (Å²) < 4.78 is 14.0. The van der Waals surface area contributed by atoms with Gasteiger partial charge in [0.1, 0.15) is 0 Å². The summed E-state index contributed by atoms with van der Waals surface area (Å²) in [4.78, 5) is 21.6. The second-order valence-electron chi connectivity index (χ2n) is 8.74. The second-order valence-corrected chi connectivity index (χ2v) is 26.9. The zero-order valence-electron chi connectivity index (χ0n) is 18.8. The molecule has 0 saturated heterocycles. The maximum Gasteiger partial charge on any atom is 0.466 e. The quantitative estimate of drug-likeness (QED) is 0.158. The molecule has 0 atom stereocenters. The Kier molecular flexibility index (Phi) is 24.2. The molecule has 2 radical (unpaired) electrons. The van der Waals surface area contributed by atoms with E-state index >= 15 is 0 Å². The van der Waals surface area contributed by atoms with E-state index in [2.05, 4.69) is 53.1 Å². The minimum absolute atomic E-state index is 0.120. The molecule has 0 aliphatic rings. The van der Waals surface area contributed by atoms with Crippen LogP contribution in [-0.4, -0.2) is 51.3 Å². The van der Waals surface area contributed by atoms with Gasteiger partial charge in [-0.2, -0.15) is 0 Å². The van der Waals surface area contributed by atoms with Gasteiger partial charge in [-0.15, -0.1) is 0 Å². The summed E-state index contributed by atoms with van der Waals surface area (Å²) in [5, 5.41) is 0. The van der Waals surface area contributed by atoms with Crippen molar-refractivity contribution >= 4 is 44.5 Å². The van der Waals surface area contributed by atoms with Gasteiger partial charge in [-0.25, -0.2) is 4.57 Å². The van der Waals surface area contributed by atoms with E-state index in [1.54, 1.807) is 25.8 Å². The zero-order valence-corrected chi connectivity index (χ0v) is 24.5. The summed E-state index contributed by atoms with van der Waals surface area (Å²) in [7, 11) is -5.28. The first kappa shape index (κ1) is 32.0. The molecular formula is C18H47O4PSi2Sn. The van der Waals surface area contributed by atoms with Crippen LogP contribution in [0.25, 0.3) is 0 Å². The van der Waals surface area contributed by atoms with Gasteiger partial charge in [-0.3, -0.25) is 0 Å². The van der Waals surface area contributed by atoms with Crippen LogP contribution in [-0.2, 0) is 4.57 Å². The van der Waals surface area contributed by atoms with Gasteiger partial charge in [0.15, 0.2) is 0 Å². The van der Waals surface area contributed by atoms with Crippen molar-refractivity contribution in [3.63, 3.8) is 0 Å². The summed E-state index contributed by atoms with van der Waals surface area (Å²) in [6.07, 6.45) is 9.03. The predicted octanol–water partition coefficient (Wildman–Crippen LogP) is 6.64. The van der Waals surface area contributed by atoms with Crippen LogP contribution in [0.5, 0.6) is 0 Å². The monoisotopic (exact) mass is 534 g/mol. The van der Waals surface area contributed by atoms with Crippen molar-refractivity contribution in [2.45, 2.75) is 111 Å². The van der Waals surface area contributed by atoms with E-state index < -0.39 is 35.7 Å². The average molecular weight is 533 g/mol. The molecule has 4 nitrogen and oxygen atoms in total. The van der Waals surface area contributed by atoms with Gasteiger partial charge in [0.05, 0.1) is 0 Å². The summed E-state index contributed by atoms with van der Waals surface area (Å²) in [6, 6.07) is 1.56. The molecule has 0 aliphatic heterocycles. The largest absolute Gasteiger partial charge is 0.466 e. The first-order valence-corrected chi connectivity index (χ1v) is 24.4. The molecule has 3 N–H and O–H groups in total. The number of hydrogen-bond donors (Lipinski definition) is 3. The topological polar surface area (TPSA) is 77.8 Å². The van der Waals surface area contributed by atoms with Gasteiger partial charge in [0.25, 0.3) is 0 Å². The third kappa shape index (κ3) is 49.9. The Morgan fingerprint density at radius 3 is 1.38 bits per heavy atom. The van der Waals surface area contributed by atoms with Gasteiger partial charge >= 0.3 is 127 Å². The minimum Gasteiger partial charge on any atom is -0.303 e. The number of phosphoric acid groups is 1. The maximum atomic E-state index is 8.88. The van der Waals surface area contributed by atoms with Crippen LogP contribution < -0.4 is 0 Å². The second kappa shape index (κ2) is 19.6. The zero-order chi connectivity index (χ0) is 21.2. The van der Waals surface area contributed by atoms with Crippen LogP contribution >= 0.6 is 7.82 Å². The smallest absolute Gasteiger partial charge is 0.303 e. The fourth-order valence-corrected chi connectivity index (χ4v) is 12.7. The molecule has 0 aromatic rings. The Labute approximate surface area is 174 Å². The molecule has 0 aliphatic carbocycles. The molecule has 0 aromatic carbocycles. The van der Waals surface area contributed by atoms with E-state index in [1.165, 1.54) is 32.1 Å². The normalized spacial score (nSPS) is 11.7. The third-order valence-electron chi connectivity index (χ3n) is 3.47. The van der Waals surface area contributed by atoms with E-state index in [0.717, 1.165) is 0 Å². The third-order valence-corrected chi connectivity index (χ3v) is 14.4. The molecule has 0 amide bonds. The first-order chi connectivity index (χ1) is 11.7. The van der Waals surface area contributed by atoms with Gasteiger partial charge < -0.3 is 14.7 Å². The molecule has 0 rings (SSSR count). The van der Waals surface area contributed by atoms with Crippen LogP contribution in [0, 0.1) is 0 Å². The van der Waals surface area contributed by atoms with E-state index in [9.17, 15) is 0 Å². The molecule has 0 unspecified atom stereocenters. The van der Waals surface area contributed by atoms with Gasteiger partial charge in [0, 0.05) is 8.80 Å². The van der Waals surface area contributed by atoms with Crippen LogP contribution in [0.4, 0.5) is 0 Å². The van der Waals surface area contributed by atoms with E-state index in [4.69, 9.17) is 19.2 Å². The van der Waals surface area contributed by atoms with E-state index in [0.29, 0.717) is 0 Å². The number of rotatable bonds is 11. The Bertz CT molecular complexity index is 315. The van der Waals surface area contributed by atoms with Crippen molar-refractivity contribution in [3.8, 4) is 0 Å². The van der Waals surface area contributed by atoms with Crippen LogP contribution in [0.3, 0.4) is 0 Å². The van der Waals surface area contributed by atoms with Crippen molar-refractivity contribution in [2.24, 2.45) is 0 Å². The van der Waals surface area contributed by atoms with Crippen molar-refractivity contribution in [3.05, 3.63) is 0 Å². The molecule has 0 saturated carbocycles. The molecule has 0 aromatic heterocycles. The van der Waals surface area contributed by atoms with Crippen LogP contribution in [0.15, 0.2) is 0 Å². The van der Waals surface area contributed by atoms with Gasteiger partial charge in [-0.1, -0.05) is 19.6 Å². The van der Waals surface area contributed by atoms with Crippen molar-refractivity contribution in [1.82, 2.24) is 0 Å². The fourth-order valence-electron chi connectivity index (χ4n) is 2.26. The van der Waals surface area contributed by atoms with Gasteiger partial charge in [0.2, 0.25) is 0 Å². The molecule has 0 fully saturated rings. The molecule has 0 spiro atoms. The predicted molar refractivity (Wildman–Crippen MR) is 125 cm³/mol. The SMILES string of the molecule is CCC[CH2][Sn]([CH2]CCC)[CH2]CCC[Si](C)(C)C.C[Si](C)C.O=P(O)(O)O. The number of unbranched alkanes of at least 4 members (excludes halogenated alkanes) is 3. The summed E-state index contributed by atoms with van der Waals surface area (Å²) in [5.41, 5.74) is 0. The number of hydrogen-bond acceptors (Lipinski definition) is 1. The fraction of sp³-hybridized carbons (Fsp3) is 1.00. The average Bonchev–Trinajstić information content (AvgIpc) is 2.42. The molecule has 8 heteroatoms. The summed E-state index contributed by atoms with van der Waals surface area (Å²) >= 11 is -0.912. The van der Waals surface area contributed by atoms with E-state index in [1.807, 2.05) is 0 Å². The Hall–Kier alpha value is 1.34. The first-order valence-electron chi connectivity index (χ1n) is 10.1. The Morgan fingerprint density at radius 2 is 1.12 bits per heavy atom. The minimum atomic E-state index is -4.64. The Morgan fingerprint density at radius 1 is 0.808 bits per heavy atom. The Balaban J connectivity index is -0.000000484. The molecule has 160 valence electrons. The summed E-state index contributed by atoms with van der Waals surface area (Å²) in [5.74, 6) is 0. The molecular weight excluding hydrogens is 486 g/mol. The molecule has 0 bridgehead atoms. The van der Waals surface area contributed by atoms with E-state index in [-0.39, 0.29) is 8.80 Å². The molecule has 0 heterocycles. The standard InChI is InChI=1S/C7H17Si.2C4H9.C3H9Si.H3O4P.Sn/c1-5-6-7-8(2,3)4;2*1-3-4-2;1-4(2)3;1-5(2,3)4;/h1,5-7H2,2-4H3;2*1,3-4H2,2H3;1-3H3;(H3,1,2,3,4);. The van der Waals surface area contributed by atoms with Crippen LogP contribution in [0.2, 0.25) is 58.6 Å². The summed E-state index contributed by atoms with van der Waals surface area (Å²) in [6.45, 7) is 19.1. The van der Waals surface area contributed by atoms with Gasteiger partial charge in [-0.05, 0) is 0 Å². The van der Waals surface area contributed by atoms with Crippen molar-refractivity contribution < 1.29 is 19.2 Å². The maximum absolute atomic E-state index is 8.88. The molecule has 26 heavy (non-hydrogen) atoms. The van der Waals surface area contributed by atoms with Crippen molar-refractivity contribution in [2.75, 3.05) is 0 Å². The van der Waals surface area contributed by atoms with Crippen LogP contribution in [0.1, 0.15) is 52.4 Å². The van der Waals surface area contributed by atoms with Crippen molar-refractivity contribution in [1.29, 1.82) is 0 Å².